The quantitative estimate of drug-likeness (QED) is 0.188. The van der Waals surface area contributed by atoms with Gasteiger partial charge >= 0.3 is 6.03 Å². The molecule has 2 amide bonds. The second kappa shape index (κ2) is 11.4. The zero-order chi connectivity index (χ0) is 30.0. The molecule has 3 aromatic heterocycles. The molecule has 6 rings (SSSR count). The molecule has 6 aromatic rings. The molecule has 0 unspecified atom stereocenters. The normalized spacial score (nSPS) is 11.3. The molecular weight excluding hydrogens is 534 g/mol. The molecule has 3 heterocycles. The van der Waals surface area contributed by atoms with Gasteiger partial charge in [0.1, 0.15) is 11.6 Å². The number of rotatable bonds is 6. The third-order valence-corrected chi connectivity index (χ3v) is 7.18. The van der Waals surface area contributed by atoms with E-state index in [2.05, 4.69) is 52.8 Å². The summed E-state index contributed by atoms with van der Waals surface area (Å²) in [5, 5.41) is 16.1. The van der Waals surface area contributed by atoms with Crippen LogP contribution in [0.1, 0.15) is 32.0 Å². The molecular formula is C35H33N7O. The van der Waals surface area contributed by atoms with Crippen LogP contribution in [0.3, 0.4) is 0 Å². The minimum Gasteiger partial charge on any atom is -0.339 e. The minimum atomic E-state index is -0.348. The predicted molar refractivity (Wildman–Crippen MR) is 174 cm³/mol. The molecule has 214 valence electrons. The number of nitrogens with one attached hydrogen (secondary N) is 3. The van der Waals surface area contributed by atoms with Crippen LogP contribution in [0.15, 0.2) is 110 Å². The number of hydrogen-bond donors (Lipinski definition) is 3. The van der Waals surface area contributed by atoms with E-state index in [1.54, 1.807) is 17.1 Å². The number of aromatic nitrogens is 4. The second-order valence-corrected chi connectivity index (χ2v) is 11.5. The number of fused-ring (bicyclic) bond motifs is 1. The first-order valence-corrected chi connectivity index (χ1v) is 14.2. The Morgan fingerprint density at radius 3 is 2.30 bits per heavy atom. The number of pyridine rings is 2. The van der Waals surface area contributed by atoms with Crippen LogP contribution in [-0.2, 0) is 5.41 Å². The summed E-state index contributed by atoms with van der Waals surface area (Å²) in [6.45, 7) is 8.36. The maximum atomic E-state index is 13.4. The van der Waals surface area contributed by atoms with E-state index in [4.69, 9.17) is 5.10 Å². The molecule has 0 atom stereocenters. The Labute approximate surface area is 250 Å². The van der Waals surface area contributed by atoms with Crippen molar-refractivity contribution in [1.29, 1.82) is 0 Å². The first kappa shape index (κ1) is 27.7. The van der Waals surface area contributed by atoms with E-state index in [9.17, 15) is 4.79 Å². The van der Waals surface area contributed by atoms with Gasteiger partial charge in [0, 0.05) is 34.8 Å². The van der Waals surface area contributed by atoms with Gasteiger partial charge in [0.2, 0.25) is 0 Å². The second-order valence-electron chi connectivity index (χ2n) is 11.5. The van der Waals surface area contributed by atoms with Gasteiger partial charge in [0.05, 0.1) is 29.0 Å². The highest BCUT2D eigenvalue weighted by Gasteiger charge is 2.22. The summed E-state index contributed by atoms with van der Waals surface area (Å²) >= 11 is 0. The third kappa shape index (κ3) is 6.08. The van der Waals surface area contributed by atoms with Gasteiger partial charge < -0.3 is 10.6 Å². The van der Waals surface area contributed by atoms with E-state index in [-0.39, 0.29) is 11.4 Å². The topological polar surface area (TPSA) is 96.8 Å². The summed E-state index contributed by atoms with van der Waals surface area (Å²) in [6, 6.07) is 29.4. The maximum absolute atomic E-state index is 13.4. The Morgan fingerprint density at radius 1 is 0.814 bits per heavy atom. The van der Waals surface area contributed by atoms with E-state index in [0.29, 0.717) is 11.5 Å². The van der Waals surface area contributed by atoms with Crippen molar-refractivity contribution in [2.45, 2.75) is 33.1 Å². The predicted octanol–water partition coefficient (Wildman–Crippen LogP) is 8.48. The van der Waals surface area contributed by atoms with Gasteiger partial charge in [-0.1, -0.05) is 68.8 Å². The van der Waals surface area contributed by atoms with Crippen LogP contribution in [0, 0.1) is 6.92 Å². The number of hydrogen-bond acceptors (Lipinski definition) is 5. The zero-order valence-electron chi connectivity index (χ0n) is 24.6. The lowest BCUT2D eigenvalue weighted by molar-refractivity contribution is 0.262. The molecule has 43 heavy (non-hydrogen) atoms. The number of benzene rings is 3. The van der Waals surface area contributed by atoms with E-state index in [0.717, 1.165) is 50.3 Å². The summed E-state index contributed by atoms with van der Waals surface area (Å²) in [6.07, 6.45) is 5.34. The molecule has 0 saturated heterocycles. The minimum absolute atomic E-state index is 0.184. The lowest BCUT2D eigenvalue weighted by Crippen LogP contribution is -2.21. The number of anilines is 4. The van der Waals surface area contributed by atoms with Crippen molar-refractivity contribution in [2.75, 3.05) is 16.0 Å². The number of nitrogens with zero attached hydrogens (tertiary/aromatic N) is 4. The van der Waals surface area contributed by atoms with Gasteiger partial charge in [-0.25, -0.2) is 14.5 Å². The van der Waals surface area contributed by atoms with Crippen LogP contribution in [0.25, 0.3) is 27.6 Å². The largest absolute Gasteiger partial charge is 0.339 e. The van der Waals surface area contributed by atoms with Gasteiger partial charge in [-0.15, -0.1) is 0 Å². The van der Waals surface area contributed by atoms with Crippen molar-refractivity contribution in [3.05, 3.63) is 121 Å². The highest BCUT2D eigenvalue weighted by Crippen LogP contribution is 2.34. The lowest BCUT2D eigenvalue weighted by Gasteiger charge is -2.14. The highest BCUT2D eigenvalue weighted by molar-refractivity contribution is 6.09. The average Bonchev–Trinajstić information content (AvgIpc) is 3.43. The van der Waals surface area contributed by atoms with Crippen LogP contribution < -0.4 is 16.0 Å². The zero-order valence-corrected chi connectivity index (χ0v) is 24.6. The molecule has 0 radical (unpaired) electrons. The number of carbonyl (C=O) groups excluding carboxylic acids is 1. The molecule has 8 heteroatoms. The van der Waals surface area contributed by atoms with Crippen LogP contribution >= 0.6 is 0 Å². The SMILES string of the molecule is Cc1ccc(-n2nc(C(C)(C)C)cc2NC(=O)Nc2ccc(-c3ccc(Nc4cccnc4)nc3)c3ccccc23)cc1. The van der Waals surface area contributed by atoms with Gasteiger partial charge in [0.15, 0.2) is 0 Å². The molecule has 0 saturated carbocycles. The van der Waals surface area contributed by atoms with E-state index < -0.39 is 0 Å². The lowest BCUT2D eigenvalue weighted by atomic mass is 9.92. The molecule has 8 nitrogen and oxygen atoms in total. The number of aryl methyl sites for hydroxylation is 1. The highest BCUT2D eigenvalue weighted by atomic mass is 16.2. The Morgan fingerprint density at radius 2 is 1.60 bits per heavy atom. The maximum Gasteiger partial charge on any atom is 0.324 e. The Balaban J connectivity index is 1.26. The molecule has 0 aliphatic rings. The monoisotopic (exact) mass is 567 g/mol. The van der Waals surface area contributed by atoms with Crippen molar-refractivity contribution in [1.82, 2.24) is 19.7 Å². The summed E-state index contributed by atoms with van der Waals surface area (Å²) in [5.41, 5.74) is 6.31. The van der Waals surface area contributed by atoms with Gasteiger partial charge in [0.25, 0.3) is 0 Å². The molecule has 0 bridgehead atoms. The van der Waals surface area contributed by atoms with Crippen molar-refractivity contribution >= 4 is 39.8 Å². The molecule has 0 spiro atoms. The molecule has 0 fully saturated rings. The van der Waals surface area contributed by atoms with E-state index >= 15 is 0 Å². The van der Waals surface area contributed by atoms with Crippen LogP contribution in [0.2, 0.25) is 0 Å². The molecule has 0 aliphatic heterocycles. The number of amides is 2. The molecule has 0 aliphatic carbocycles. The number of carbonyl (C=O) groups is 1. The van der Waals surface area contributed by atoms with E-state index in [1.807, 2.05) is 98.0 Å². The summed E-state index contributed by atoms with van der Waals surface area (Å²) < 4.78 is 1.78. The fraction of sp³-hybridized carbons (Fsp3) is 0.143. The fourth-order valence-corrected chi connectivity index (χ4v) is 4.86. The van der Waals surface area contributed by atoms with Crippen molar-refractivity contribution in [3.8, 4) is 16.8 Å². The first-order valence-electron chi connectivity index (χ1n) is 14.2. The van der Waals surface area contributed by atoms with Crippen LogP contribution in [0.4, 0.5) is 27.8 Å². The Bertz CT molecular complexity index is 1890. The van der Waals surface area contributed by atoms with Crippen LogP contribution in [0.5, 0.6) is 0 Å². The summed E-state index contributed by atoms with van der Waals surface area (Å²) in [5.74, 6) is 1.33. The Kier molecular flexibility index (Phi) is 7.34. The third-order valence-electron chi connectivity index (χ3n) is 7.18. The summed E-state index contributed by atoms with van der Waals surface area (Å²) in [4.78, 5) is 22.1. The number of urea groups is 1. The average molecular weight is 568 g/mol. The van der Waals surface area contributed by atoms with E-state index in [1.165, 1.54) is 0 Å². The van der Waals surface area contributed by atoms with Crippen molar-refractivity contribution in [2.24, 2.45) is 0 Å². The standard InChI is InChI=1S/C35H33N7O/c1-23-11-14-26(15-12-23)42-33(20-31(41-42)35(2,3)4)40-34(43)39-30-17-16-27(28-9-5-6-10-29(28)30)24-13-18-32(37-21-24)38-25-8-7-19-36-22-25/h5-22H,1-4H3,(H,37,38)(H2,39,40,43). The van der Waals surface area contributed by atoms with Gasteiger partial charge in [-0.3, -0.25) is 10.3 Å². The van der Waals surface area contributed by atoms with Crippen molar-refractivity contribution in [3.63, 3.8) is 0 Å². The molecule has 3 N–H and O–H groups in total. The summed E-state index contributed by atoms with van der Waals surface area (Å²) in [7, 11) is 0. The molecule has 3 aromatic carbocycles. The Hall–Kier alpha value is -5.50. The fourth-order valence-electron chi connectivity index (χ4n) is 4.86. The van der Waals surface area contributed by atoms with Gasteiger partial charge in [-0.05, 0) is 60.3 Å². The smallest absolute Gasteiger partial charge is 0.324 e. The van der Waals surface area contributed by atoms with Crippen LogP contribution in [-0.4, -0.2) is 25.8 Å². The van der Waals surface area contributed by atoms with Gasteiger partial charge in [-0.2, -0.15) is 5.10 Å². The first-order chi connectivity index (χ1) is 20.7. The van der Waals surface area contributed by atoms with Crippen molar-refractivity contribution < 1.29 is 4.79 Å².